The third-order valence-corrected chi connectivity index (χ3v) is 4.53. The van der Waals surface area contributed by atoms with Gasteiger partial charge in [0.15, 0.2) is 5.69 Å². The van der Waals surface area contributed by atoms with Crippen molar-refractivity contribution in [2.75, 3.05) is 13.1 Å². The molecule has 8 heteroatoms. The van der Waals surface area contributed by atoms with E-state index < -0.39 is 5.91 Å². The van der Waals surface area contributed by atoms with Crippen LogP contribution in [0.15, 0.2) is 54.9 Å². The van der Waals surface area contributed by atoms with Gasteiger partial charge in [0.25, 0.3) is 11.8 Å². The number of likely N-dealkylation sites (tertiary alicyclic amines) is 1. The van der Waals surface area contributed by atoms with Crippen molar-refractivity contribution in [3.05, 3.63) is 66.2 Å². The number of para-hydroxylation sites is 1. The molecule has 3 heterocycles. The Kier molecular flexibility index (Phi) is 4.00. The maximum atomic E-state index is 12.8. The van der Waals surface area contributed by atoms with Gasteiger partial charge in [-0.1, -0.05) is 18.2 Å². The van der Waals surface area contributed by atoms with Crippen LogP contribution in [0.5, 0.6) is 0 Å². The minimum Gasteiger partial charge on any atom is -0.364 e. The van der Waals surface area contributed by atoms with Crippen molar-refractivity contribution in [2.45, 2.75) is 12.5 Å². The van der Waals surface area contributed by atoms with Gasteiger partial charge >= 0.3 is 0 Å². The fraction of sp³-hybridized carbons (Fsp3) is 0.222. The van der Waals surface area contributed by atoms with Crippen molar-refractivity contribution >= 4 is 11.8 Å². The Morgan fingerprint density at radius 3 is 2.65 bits per heavy atom. The molecular weight excluding hydrogens is 332 g/mol. The molecule has 132 valence electrons. The maximum absolute atomic E-state index is 12.8. The molecule has 1 aliphatic heterocycles. The first-order chi connectivity index (χ1) is 12.6. The van der Waals surface area contributed by atoms with Gasteiger partial charge in [0.2, 0.25) is 0 Å². The van der Waals surface area contributed by atoms with Crippen molar-refractivity contribution in [1.82, 2.24) is 24.5 Å². The summed E-state index contributed by atoms with van der Waals surface area (Å²) in [7, 11) is 0. The molecule has 0 radical (unpaired) electrons. The summed E-state index contributed by atoms with van der Waals surface area (Å²) in [6, 6.07) is 12.6. The summed E-state index contributed by atoms with van der Waals surface area (Å²) in [5.74, 6) is -0.840. The smallest absolute Gasteiger partial charge is 0.274 e. The summed E-state index contributed by atoms with van der Waals surface area (Å²) in [4.78, 5) is 26.4. The largest absolute Gasteiger partial charge is 0.364 e. The van der Waals surface area contributed by atoms with E-state index in [1.165, 1.54) is 10.7 Å². The normalized spacial score (nSPS) is 16.8. The molecule has 2 N–H and O–H groups in total. The second kappa shape index (κ2) is 6.47. The van der Waals surface area contributed by atoms with Gasteiger partial charge in [-0.05, 0) is 24.6 Å². The van der Waals surface area contributed by atoms with Crippen molar-refractivity contribution in [3.63, 3.8) is 0 Å². The van der Waals surface area contributed by atoms with E-state index in [0.29, 0.717) is 18.8 Å². The molecule has 0 bridgehead atoms. The fourth-order valence-electron chi connectivity index (χ4n) is 3.23. The first-order valence-electron chi connectivity index (χ1n) is 8.37. The molecule has 2 aromatic heterocycles. The topological polar surface area (TPSA) is 99.0 Å². The molecule has 2 amide bonds. The van der Waals surface area contributed by atoms with E-state index in [4.69, 9.17) is 5.73 Å². The highest BCUT2D eigenvalue weighted by atomic mass is 16.2. The Bertz CT molecular complexity index is 932. The standard InChI is InChI=1S/C18H18N6O2/c19-17(25)16-11-15(21-24(16)13-5-2-1-3-6-13)18(26)22-10-7-14(12-22)23-9-4-8-20-23/h1-6,8-9,11,14H,7,10,12H2,(H2,19,25). The molecule has 1 atom stereocenters. The van der Waals surface area contributed by atoms with Gasteiger partial charge in [0.05, 0.1) is 11.7 Å². The van der Waals surface area contributed by atoms with E-state index in [1.807, 2.05) is 35.1 Å². The van der Waals surface area contributed by atoms with Crippen LogP contribution in [0.3, 0.4) is 0 Å². The number of hydrogen-bond donors (Lipinski definition) is 1. The average Bonchev–Trinajstić information content (AvgIpc) is 3.41. The van der Waals surface area contributed by atoms with E-state index in [9.17, 15) is 9.59 Å². The lowest BCUT2D eigenvalue weighted by atomic mass is 10.3. The lowest BCUT2D eigenvalue weighted by Gasteiger charge is -2.15. The number of nitrogens with two attached hydrogens (primary N) is 1. The first-order valence-corrected chi connectivity index (χ1v) is 8.37. The monoisotopic (exact) mass is 350 g/mol. The Hall–Kier alpha value is -3.42. The fourth-order valence-corrected chi connectivity index (χ4v) is 3.23. The van der Waals surface area contributed by atoms with Gasteiger partial charge in [-0.25, -0.2) is 4.68 Å². The zero-order chi connectivity index (χ0) is 18.1. The molecule has 8 nitrogen and oxygen atoms in total. The average molecular weight is 350 g/mol. The van der Waals surface area contributed by atoms with Crippen molar-refractivity contribution in [1.29, 1.82) is 0 Å². The predicted octanol–water partition coefficient (Wildman–Crippen LogP) is 1.25. The van der Waals surface area contributed by atoms with Gasteiger partial charge < -0.3 is 10.6 Å². The van der Waals surface area contributed by atoms with Crippen LogP contribution in [-0.4, -0.2) is 49.4 Å². The van der Waals surface area contributed by atoms with Crippen molar-refractivity contribution in [2.24, 2.45) is 5.73 Å². The van der Waals surface area contributed by atoms with Crippen LogP contribution < -0.4 is 5.73 Å². The summed E-state index contributed by atoms with van der Waals surface area (Å²) in [5, 5.41) is 8.58. The summed E-state index contributed by atoms with van der Waals surface area (Å²) >= 11 is 0. The van der Waals surface area contributed by atoms with E-state index in [1.54, 1.807) is 23.2 Å². The lowest BCUT2D eigenvalue weighted by Crippen LogP contribution is -2.29. The van der Waals surface area contributed by atoms with Crippen LogP contribution in [0.2, 0.25) is 0 Å². The number of carbonyl (C=O) groups excluding carboxylic acids is 2. The number of carbonyl (C=O) groups is 2. The van der Waals surface area contributed by atoms with Crippen LogP contribution in [-0.2, 0) is 0 Å². The molecule has 1 fully saturated rings. The maximum Gasteiger partial charge on any atom is 0.274 e. The van der Waals surface area contributed by atoms with Crippen LogP contribution in [0.4, 0.5) is 0 Å². The molecule has 0 aliphatic carbocycles. The molecule has 0 saturated carbocycles. The summed E-state index contributed by atoms with van der Waals surface area (Å²) < 4.78 is 3.28. The number of rotatable bonds is 4. The third kappa shape index (κ3) is 2.85. The zero-order valence-corrected chi connectivity index (χ0v) is 14.0. The SMILES string of the molecule is NC(=O)c1cc(C(=O)N2CCC(n3cccn3)C2)nn1-c1ccccc1. The Morgan fingerprint density at radius 2 is 1.96 bits per heavy atom. The summed E-state index contributed by atoms with van der Waals surface area (Å²) in [6.07, 6.45) is 4.45. The molecule has 1 unspecified atom stereocenters. The molecule has 1 aliphatic rings. The van der Waals surface area contributed by atoms with E-state index in [2.05, 4.69) is 10.2 Å². The number of benzene rings is 1. The molecule has 26 heavy (non-hydrogen) atoms. The van der Waals surface area contributed by atoms with Crippen LogP contribution in [0.1, 0.15) is 33.4 Å². The Balaban J connectivity index is 1.60. The van der Waals surface area contributed by atoms with E-state index in [0.717, 1.165) is 6.42 Å². The molecule has 1 aromatic carbocycles. The van der Waals surface area contributed by atoms with Gasteiger partial charge in [-0.3, -0.25) is 14.3 Å². The van der Waals surface area contributed by atoms with Gasteiger partial charge in [-0.15, -0.1) is 0 Å². The van der Waals surface area contributed by atoms with Crippen LogP contribution in [0, 0.1) is 0 Å². The van der Waals surface area contributed by atoms with Gasteiger partial charge in [0.1, 0.15) is 5.69 Å². The molecule has 3 aromatic rings. The molecule has 0 spiro atoms. The molecule has 1 saturated heterocycles. The highest BCUT2D eigenvalue weighted by molar-refractivity contribution is 5.97. The number of amides is 2. The second-order valence-electron chi connectivity index (χ2n) is 6.21. The predicted molar refractivity (Wildman–Crippen MR) is 93.9 cm³/mol. The Morgan fingerprint density at radius 1 is 1.15 bits per heavy atom. The molecule has 4 rings (SSSR count). The quantitative estimate of drug-likeness (QED) is 0.765. The summed E-state index contributed by atoms with van der Waals surface area (Å²) in [6.45, 7) is 1.18. The minimum atomic E-state index is -0.628. The summed E-state index contributed by atoms with van der Waals surface area (Å²) in [5.41, 5.74) is 6.54. The number of nitrogens with zero attached hydrogens (tertiary/aromatic N) is 5. The van der Waals surface area contributed by atoms with Gasteiger partial charge in [0, 0.05) is 31.5 Å². The highest BCUT2D eigenvalue weighted by Crippen LogP contribution is 2.23. The van der Waals surface area contributed by atoms with Crippen molar-refractivity contribution in [3.8, 4) is 5.69 Å². The van der Waals surface area contributed by atoms with Crippen molar-refractivity contribution < 1.29 is 9.59 Å². The number of primary amides is 1. The lowest BCUT2D eigenvalue weighted by molar-refractivity contribution is 0.0780. The first kappa shape index (κ1) is 16.1. The van der Waals surface area contributed by atoms with E-state index in [-0.39, 0.29) is 23.3 Å². The number of aromatic nitrogens is 4. The third-order valence-electron chi connectivity index (χ3n) is 4.53. The molecular formula is C18H18N6O2. The minimum absolute atomic E-state index is 0.153. The highest BCUT2D eigenvalue weighted by Gasteiger charge is 2.30. The van der Waals surface area contributed by atoms with Crippen LogP contribution in [0.25, 0.3) is 5.69 Å². The second-order valence-corrected chi connectivity index (χ2v) is 6.21. The van der Waals surface area contributed by atoms with Crippen LogP contribution >= 0.6 is 0 Å². The number of hydrogen-bond acceptors (Lipinski definition) is 4. The zero-order valence-electron chi connectivity index (χ0n) is 14.0. The van der Waals surface area contributed by atoms with E-state index >= 15 is 0 Å². The Labute approximate surface area is 149 Å². The van der Waals surface area contributed by atoms with Gasteiger partial charge in [-0.2, -0.15) is 10.2 Å².